The third-order valence-corrected chi connectivity index (χ3v) is 4.63. The lowest BCUT2D eigenvalue weighted by molar-refractivity contribution is 0.133. The Kier molecular flexibility index (Phi) is 11.2. The fourth-order valence-electron chi connectivity index (χ4n) is 2.96. The van der Waals surface area contributed by atoms with E-state index in [0.717, 1.165) is 68.6 Å². The molecule has 6 nitrogen and oxygen atoms in total. The molecule has 2 aromatic rings. The molecule has 0 atom stereocenters. The Morgan fingerprint density at radius 1 is 0.933 bits per heavy atom. The highest BCUT2D eigenvalue weighted by Crippen LogP contribution is 2.25. The van der Waals surface area contributed by atoms with Crippen molar-refractivity contribution in [1.29, 1.82) is 0 Å². The molecule has 0 heterocycles. The second-order valence-electron chi connectivity index (χ2n) is 6.85. The smallest absolute Gasteiger partial charge is 0.191 e. The van der Waals surface area contributed by atoms with Crippen molar-refractivity contribution in [3.63, 3.8) is 0 Å². The molecule has 0 radical (unpaired) electrons. The number of hydrogen-bond donors (Lipinski definition) is 2. The van der Waals surface area contributed by atoms with E-state index in [0.29, 0.717) is 6.54 Å². The number of hydrogen-bond acceptors (Lipinski definition) is 4. The molecule has 164 valence electrons. The minimum Gasteiger partial charge on any atom is -0.497 e. The topological polar surface area (TPSA) is 64.1 Å². The highest BCUT2D eigenvalue weighted by Gasteiger charge is 2.05. The zero-order chi connectivity index (χ0) is 21.4. The van der Waals surface area contributed by atoms with Gasteiger partial charge in [0.15, 0.2) is 5.96 Å². The molecule has 6 heteroatoms. The maximum absolute atomic E-state index is 5.74. The summed E-state index contributed by atoms with van der Waals surface area (Å²) in [6.07, 6.45) is 3.01. The largest absolute Gasteiger partial charge is 0.497 e. The number of nitrogens with zero attached hydrogens (tertiary/aromatic N) is 1. The van der Waals surface area contributed by atoms with Crippen LogP contribution in [0.4, 0.5) is 0 Å². The van der Waals surface area contributed by atoms with Crippen molar-refractivity contribution >= 4 is 5.96 Å². The van der Waals surface area contributed by atoms with Crippen LogP contribution in [0.2, 0.25) is 0 Å². The van der Waals surface area contributed by atoms with Gasteiger partial charge in [0.1, 0.15) is 11.5 Å². The summed E-state index contributed by atoms with van der Waals surface area (Å²) in [6.45, 7) is 5.81. The number of guanidine groups is 1. The standard InChI is InChI=1S/C24H35N3O3/c1-4-25-24(27-19-21-12-13-22(28-2)18-23(21)29-3)26-15-8-9-16-30-17-14-20-10-6-5-7-11-20/h5-7,10-13,18H,4,8-9,14-17,19H2,1-3H3,(H2,25,26,27). The maximum atomic E-state index is 5.74. The molecule has 0 aliphatic heterocycles. The zero-order valence-corrected chi connectivity index (χ0v) is 18.4. The minimum absolute atomic E-state index is 0.533. The Labute approximate surface area is 180 Å². The lowest BCUT2D eigenvalue weighted by Crippen LogP contribution is -2.37. The monoisotopic (exact) mass is 413 g/mol. The van der Waals surface area contributed by atoms with Crippen molar-refractivity contribution in [3.05, 3.63) is 59.7 Å². The zero-order valence-electron chi connectivity index (χ0n) is 18.4. The third-order valence-electron chi connectivity index (χ3n) is 4.63. The number of benzene rings is 2. The van der Waals surface area contributed by atoms with E-state index >= 15 is 0 Å². The molecule has 2 aromatic carbocycles. The Morgan fingerprint density at radius 2 is 1.77 bits per heavy atom. The molecule has 2 rings (SSSR count). The highest BCUT2D eigenvalue weighted by atomic mass is 16.5. The summed E-state index contributed by atoms with van der Waals surface area (Å²) < 4.78 is 16.4. The predicted octanol–water partition coefficient (Wildman–Crippen LogP) is 3.80. The number of unbranched alkanes of at least 4 members (excludes halogenated alkanes) is 1. The van der Waals surface area contributed by atoms with Crippen molar-refractivity contribution < 1.29 is 14.2 Å². The predicted molar refractivity (Wildman–Crippen MR) is 123 cm³/mol. The summed E-state index contributed by atoms with van der Waals surface area (Å²) in [7, 11) is 3.31. The van der Waals surface area contributed by atoms with Crippen LogP contribution in [0, 0.1) is 0 Å². The fraction of sp³-hybridized carbons (Fsp3) is 0.458. The summed E-state index contributed by atoms with van der Waals surface area (Å²) in [4.78, 5) is 4.67. The number of aliphatic imine (C=N–C) groups is 1. The van der Waals surface area contributed by atoms with Crippen LogP contribution in [-0.4, -0.2) is 46.5 Å². The molecule has 0 saturated heterocycles. The molecule has 0 aromatic heterocycles. The molecule has 30 heavy (non-hydrogen) atoms. The Balaban J connectivity index is 1.67. The maximum Gasteiger partial charge on any atom is 0.191 e. The molecule has 0 amide bonds. The molecular weight excluding hydrogens is 378 g/mol. The lowest BCUT2D eigenvalue weighted by Gasteiger charge is -2.13. The van der Waals surface area contributed by atoms with Crippen LogP contribution < -0.4 is 20.1 Å². The van der Waals surface area contributed by atoms with Crippen molar-refractivity contribution in [2.75, 3.05) is 40.5 Å². The van der Waals surface area contributed by atoms with Crippen molar-refractivity contribution in [2.45, 2.75) is 32.7 Å². The first-order valence-corrected chi connectivity index (χ1v) is 10.6. The number of ether oxygens (including phenoxy) is 3. The summed E-state index contributed by atoms with van der Waals surface area (Å²) >= 11 is 0. The van der Waals surface area contributed by atoms with Gasteiger partial charge in [-0.1, -0.05) is 30.3 Å². The van der Waals surface area contributed by atoms with Crippen molar-refractivity contribution in [3.8, 4) is 11.5 Å². The van der Waals surface area contributed by atoms with Gasteiger partial charge in [-0.15, -0.1) is 0 Å². The van der Waals surface area contributed by atoms with Crippen LogP contribution in [-0.2, 0) is 17.7 Å². The van der Waals surface area contributed by atoms with E-state index in [2.05, 4.69) is 46.8 Å². The van der Waals surface area contributed by atoms with Gasteiger partial charge in [-0.3, -0.25) is 0 Å². The number of nitrogens with one attached hydrogen (secondary N) is 2. The molecular formula is C24H35N3O3. The molecule has 0 bridgehead atoms. The summed E-state index contributed by atoms with van der Waals surface area (Å²) in [6, 6.07) is 16.2. The quantitative estimate of drug-likeness (QED) is 0.297. The van der Waals surface area contributed by atoms with Gasteiger partial charge >= 0.3 is 0 Å². The van der Waals surface area contributed by atoms with Gasteiger partial charge < -0.3 is 24.8 Å². The molecule has 0 saturated carbocycles. The van der Waals surface area contributed by atoms with E-state index in [-0.39, 0.29) is 0 Å². The van der Waals surface area contributed by atoms with Crippen LogP contribution in [0.15, 0.2) is 53.5 Å². The van der Waals surface area contributed by atoms with Gasteiger partial charge in [-0.25, -0.2) is 4.99 Å². The first-order chi connectivity index (χ1) is 14.8. The van der Waals surface area contributed by atoms with E-state index < -0.39 is 0 Å². The second kappa shape index (κ2) is 14.3. The first kappa shape index (κ1) is 23.5. The van der Waals surface area contributed by atoms with Gasteiger partial charge in [0.2, 0.25) is 0 Å². The molecule has 0 spiro atoms. The van der Waals surface area contributed by atoms with E-state index in [1.54, 1.807) is 14.2 Å². The van der Waals surface area contributed by atoms with Crippen LogP contribution >= 0.6 is 0 Å². The summed E-state index contributed by atoms with van der Waals surface area (Å²) in [5.74, 6) is 2.36. The molecule has 0 aliphatic carbocycles. The van der Waals surface area contributed by atoms with Crippen LogP contribution in [0.1, 0.15) is 30.9 Å². The Bertz CT molecular complexity index is 751. The van der Waals surface area contributed by atoms with E-state index in [9.17, 15) is 0 Å². The first-order valence-electron chi connectivity index (χ1n) is 10.6. The Hall–Kier alpha value is -2.73. The third kappa shape index (κ3) is 8.74. The summed E-state index contributed by atoms with van der Waals surface area (Å²) in [5.41, 5.74) is 2.33. The van der Waals surface area contributed by atoms with Crippen molar-refractivity contribution in [2.24, 2.45) is 4.99 Å². The average molecular weight is 414 g/mol. The molecule has 0 unspecified atom stereocenters. The molecule has 2 N–H and O–H groups in total. The second-order valence-corrected chi connectivity index (χ2v) is 6.85. The van der Waals surface area contributed by atoms with Crippen LogP contribution in [0.3, 0.4) is 0 Å². The van der Waals surface area contributed by atoms with Crippen LogP contribution in [0.25, 0.3) is 0 Å². The SMILES string of the molecule is CCNC(=NCc1ccc(OC)cc1OC)NCCCCOCCc1ccccc1. The van der Waals surface area contributed by atoms with E-state index in [4.69, 9.17) is 14.2 Å². The fourth-order valence-corrected chi connectivity index (χ4v) is 2.96. The van der Waals surface area contributed by atoms with Gasteiger partial charge in [0, 0.05) is 31.3 Å². The Morgan fingerprint density at radius 3 is 2.50 bits per heavy atom. The highest BCUT2D eigenvalue weighted by molar-refractivity contribution is 5.79. The van der Waals surface area contributed by atoms with Gasteiger partial charge in [0.25, 0.3) is 0 Å². The molecule has 0 fully saturated rings. The van der Waals surface area contributed by atoms with Crippen LogP contribution in [0.5, 0.6) is 11.5 Å². The lowest BCUT2D eigenvalue weighted by atomic mass is 10.2. The van der Waals surface area contributed by atoms with Gasteiger partial charge in [-0.05, 0) is 43.9 Å². The van der Waals surface area contributed by atoms with Gasteiger partial charge in [-0.2, -0.15) is 0 Å². The minimum atomic E-state index is 0.533. The van der Waals surface area contributed by atoms with Gasteiger partial charge in [0.05, 0.1) is 27.4 Å². The van der Waals surface area contributed by atoms with E-state index in [1.807, 2.05) is 24.3 Å². The number of rotatable bonds is 13. The van der Waals surface area contributed by atoms with Crippen molar-refractivity contribution in [1.82, 2.24) is 10.6 Å². The average Bonchev–Trinajstić information content (AvgIpc) is 2.79. The number of methoxy groups -OCH3 is 2. The van der Waals surface area contributed by atoms with E-state index in [1.165, 1.54) is 5.56 Å². The normalized spacial score (nSPS) is 11.2. The molecule has 0 aliphatic rings. The summed E-state index contributed by atoms with van der Waals surface area (Å²) in [5, 5.41) is 6.67.